The molecule has 0 atom stereocenters. The lowest BCUT2D eigenvalue weighted by Crippen LogP contribution is -2.18. The van der Waals surface area contributed by atoms with Gasteiger partial charge in [-0.25, -0.2) is 4.98 Å². The van der Waals surface area contributed by atoms with Crippen molar-refractivity contribution >= 4 is 17.6 Å². The number of imidazole rings is 1. The summed E-state index contributed by atoms with van der Waals surface area (Å²) in [6.45, 7) is 2.19. The Bertz CT molecular complexity index is 561. The molecule has 0 N–H and O–H groups in total. The van der Waals surface area contributed by atoms with E-state index in [9.17, 15) is 0 Å². The standard InChI is InChI=1S/C15H20N4S/c1-4-11-20-14-8-6-5-7-13(14)15(17-18(2)3)19-10-9-16-12-19/h5-10,12H,4,11H2,1-3H3/b17-15-. The molecule has 20 heavy (non-hydrogen) atoms. The van der Waals surface area contributed by atoms with Crippen LogP contribution in [-0.4, -0.2) is 40.2 Å². The molecule has 1 aromatic carbocycles. The van der Waals surface area contributed by atoms with Crippen LogP contribution < -0.4 is 0 Å². The van der Waals surface area contributed by atoms with Gasteiger partial charge in [0.25, 0.3) is 0 Å². The fraction of sp³-hybridized carbons (Fsp3) is 0.333. The van der Waals surface area contributed by atoms with Crippen LogP contribution in [-0.2, 0) is 0 Å². The van der Waals surface area contributed by atoms with Gasteiger partial charge in [0.2, 0.25) is 0 Å². The lowest BCUT2D eigenvalue weighted by atomic mass is 10.2. The van der Waals surface area contributed by atoms with Gasteiger partial charge < -0.3 is 5.01 Å². The van der Waals surface area contributed by atoms with Crippen molar-refractivity contribution in [2.75, 3.05) is 19.8 Å². The van der Waals surface area contributed by atoms with Gasteiger partial charge in [0, 0.05) is 36.9 Å². The van der Waals surface area contributed by atoms with Crippen molar-refractivity contribution in [1.82, 2.24) is 14.6 Å². The van der Waals surface area contributed by atoms with Crippen LogP contribution in [0.25, 0.3) is 0 Å². The van der Waals surface area contributed by atoms with Crippen molar-refractivity contribution in [3.8, 4) is 0 Å². The van der Waals surface area contributed by atoms with E-state index >= 15 is 0 Å². The Morgan fingerprint density at radius 3 is 2.80 bits per heavy atom. The Morgan fingerprint density at radius 1 is 1.35 bits per heavy atom. The van der Waals surface area contributed by atoms with Crippen molar-refractivity contribution in [2.45, 2.75) is 18.2 Å². The van der Waals surface area contributed by atoms with Crippen LogP contribution in [0.5, 0.6) is 0 Å². The van der Waals surface area contributed by atoms with Gasteiger partial charge in [0.05, 0.1) is 0 Å². The number of thioether (sulfide) groups is 1. The zero-order chi connectivity index (χ0) is 14.4. The zero-order valence-corrected chi connectivity index (χ0v) is 13.0. The van der Waals surface area contributed by atoms with Gasteiger partial charge in [-0.2, -0.15) is 5.10 Å². The quantitative estimate of drug-likeness (QED) is 0.367. The predicted octanol–water partition coefficient (Wildman–Crippen LogP) is 3.16. The second kappa shape index (κ2) is 7.14. The highest BCUT2D eigenvalue weighted by atomic mass is 32.2. The summed E-state index contributed by atoms with van der Waals surface area (Å²) in [5, 5.41) is 6.43. The topological polar surface area (TPSA) is 33.4 Å². The Hall–Kier alpha value is -1.75. The third-order valence-corrected chi connectivity index (χ3v) is 3.91. The minimum Gasteiger partial charge on any atom is -0.301 e. The van der Waals surface area contributed by atoms with Gasteiger partial charge in [-0.1, -0.05) is 25.1 Å². The van der Waals surface area contributed by atoms with Gasteiger partial charge in [-0.15, -0.1) is 11.8 Å². The first kappa shape index (κ1) is 14.7. The van der Waals surface area contributed by atoms with E-state index in [0.29, 0.717) is 0 Å². The maximum Gasteiger partial charge on any atom is 0.166 e. The van der Waals surface area contributed by atoms with Crippen LogP contribution in [0.2, 0.25) is 0 Å². The van der Waals surface area contributed by atoms with Crippen LogP contribution in [0.4, 0.5) is 0 Å². The molecule has 0 aliphatic rings. The molecule has 2 aromatic rings. The molecule has 0 aliphatic heterocycles. The maximum atomic E-state index is 4.62. The van der Waals surface area contributed by atoms with Crippen LogP contribution >= 0.6 is 11.8 Å². The Labute approximate surface area is 124 Å². The van der Waals surface area contributed by atoms with Crippen LogP contribution in [0.3, 0.4) is 0 Å². The van der Waals surface area contributed by atoms with E-state index < -0.39 is 0 Å². The largest absolute Gasteiger partial charge is 0.301 e. The Kier molecular flexibility index (Phi) is 5.24. The molecule has 1 heterocycles. The first-order valence-corrected chi connectivity index (χ1v) is 7.67. The molecule has 1 aromatic heterocycles. The molecule has 0 unspecified atom stereocenters. The number of hydrogen-bond acceptors (Lipinski definition) is 4. The summed E-state index contributed by atoms with van der Waals surface area (Å²) in [5.74, 6) is 2.00. The molecule has 0 bridgehead atoms. The molecule has 0 fully saturated rings. The van der Waals surface area contributed by atoms with Crippen LogP contribution in [0.1, 0.15) is 18.9 Å². The number of rotatable bonds is 5. The van der Waals surface area contributed by atoms with Gasteiger partial charge in [-0.3, -0.25) is 4.57 Å². The molecular formula is C15H20N4S. The average Bonchev–Trinajstić information content (AvgIpc) is 2.97. The first-order chi connectivity index (χ1) is 9.72. The second-order valence-corrected chi connectivity index (χ2v) is 5.72. The third-order valence-electron chi connectivity index (χ3n) is 2.63. The highest BCUT2D eigenvalue weighted by Crippen LogP contribution is 2.24. The highest BCUT2D eigenvalue weighted by Gasteiger charge is 2.11. The predicted molar refractivity (Wildman–Crippen MR) is 85.3 cm³/mol. The van der Waals surface area contributed by atoms with E-state index in [1.807, 2.05) is 47.7 Å². The number of aromatic nitrogens is 2. The van der Waals surface area contributed by atoms with Crippen molar-refractivity contribution in [3.63, 3.8) is 0 Å². The third kappa shape index (κ3) is 3.63. The molecular weight excluding hydrogens is 268 g/mol. The summed E-state index contributed by atoms with van der Waals surface area (Å²) in [6.07, 6.45) is 6.63. The molecule has 0 spiro atoms. The summed E-state index contributed by atoms with van der Waals surface area (Å²) in [7, 11) is 3.86. The van der Waals surface area contributed by atoms with Crippen molar-refractivity contribution in [1.29, 1.82) is 0 Å². The fourth-order valence-electron chi connectivity index (χ4n) is 1.81. The highest BCUT2D eigenvalue weighted by molar-refractivity contribution is 7.99. The second-order valence-electron chi connectivity index (χ2n) is 4.59. The normalized spacial score (nSPS) is 11.7. The van der Waals surface area contributed by atoms with Crippen LogP contribution in [0, 0.1) is 0 Å². The molecule has 5 heteroatoms. The van der Waals surface area contributed by atoms with Crippen molar-refractivity contribution in [3.05, 3.63) is 48.5 Å². The van der Waals surface area contributed by atoms with E-state index in [0.717, 1.165) is 23.6 Å². The molecule has 4 nitrogen and oxygen atoms in total. The molecule has 0 saturated heterocycles. The maximum absolute atomic E-state index is 4.62. The number of nitrogens with zero attached hydrogens (tertiary/aromatic N) is 4. The summed E-state index contributed by atoms with van der Waals surface area (Å²) < 4.78 is 1.95. The summed E-state index contributed by atoms with van der Waals surface area (Å²) in [4.78, 5) is 5.38. The monoisotopic (exact) mass is 288 g/mol. The van der Waals surface area contributed by atoms with Gasteiger partial charge >= 0.3 is 0 Å². The Morgan fingerprint density at radius 2 is 2.15 bits per heavy atom. The average molecular weight is 288 g/mol. The van der Waals surface area contributed by atoms with Crippen molar-refractivity contribution < 1.29 is 0 Å². The lowest BCUT2D eigenvalue weighted by Gasteiger charge is -2.14. The molecule has 0 aliphatic carbocycles. The molecule has 0 saturated carbocycles. The van der Waals surface area contributed by atoms with Gasteiger partial charge in [0.15, 0.2) is 5.84 Å². The summed E-state index contributed by atoms with van der Waals surface area (Å²) >= 11 is 1.87. The van der Waals surface area contributed by atoms with E-state index in [4.69, 9.17) is 0 Å². The summed E-state index contributed by atoms with van der Waals surface area (Å²) in [5.41, 5.74) is 1.14. The van der Waals surface area contributed by atoms with E-state index in [1.165, 1.54) is 4.90 Å². The molecule has 2 rings (SSSR count). The SMILES string of the molecule is CCCSc1ccccc1/C(=N/N(C)C)n1ccnc1. The molecule has 0 radical (unpaired) electrons. The minimum atomic E-state index is 0.895. The zero-order valence-electron chi connectivity index (χ0n) is 12.2. The fourth-order valence-corrected chi connectivity index (χ4v) is 2.72. The molecule has 106 valence electrons. The van der Waals surface area contributed by atoms with Gasteiger partial charge in [-0.05, 0) is 18.2 Å². The first-order valence-electron chi connectivity index (χ1n) is 6.69. The number of hydrogen-bond donors (Lipinski definition) is 0. The van der Waals surface area contributed by atoms with E-state index in [2.05, 4.69) is 35.2 Å². The van der Waals surface area contributed by atoms with Gasteiger partial charge in [0.1, 0.15) is 6.33 Å². The lowest BCUT2D eigenvalue weighted by molar-refractivity contribution is 0.435. The number of hydrazone groups is 1. The van der Waals surface area contributed by atoms with Crippen LogP contribution in [0.15, 0.2) is 53.0 Å². The summed E-state index contributed by atoms with van der Waals surface area (Å²) in [6, 6.07) is 8.38. The minimum absolute atomic E-state index is 0.895. The van der Waals surface area contributed by atoms with E-state index in [-0.39, 0.29) is 0 Å². The smallest absolute Gasteiger partial charge is 0.166 e. The van der Waals surface area contributed by atoms with Crippen molar-refractivity contribution in [2.24, 2.45) is 5.10 Å². The van der Waals surface area contributed by atoms with E-state index in [1.54, 1.807) is 12.5 Å². The Balaban J connectivity index is 2.44. The number of benzene rings is 1. The molecule has 0 amide bonds.